The Labute approximate surface area is 106 Å². The lowest BCUT2D eigenvalue weighted by Gasteiger charge is -2.12. The minimum atomic E-state index is -0.625. The molecule has 0 fully saturated rings. The number of carbonyl (C=O) groups excluding carboxylic acids is 1. The number of rotatable bonds is 4. The molecular weight excluding hydrogens is 247 g/mol. The van der Waals surface area contributed by atoms with Crippen molar-refractivity contribution >= 4 is 24.0 Å². The molecular formula is C11H16ClFN2O2. The highest BCUT2D eigenvalue weighted by molar-refractivity contribution is 5.95. The number of nitrogens with one attached hydrogen (secondary N) is 1. The second-order valence-electron chi connectivity index (χ2n) is 3.35. The van der Waals surface area contributed by atoms with Crippen LogP contribution in [-0.4, -0.2) is 18.6 Å². The van der Waals surface area contributed by atoms with Crippen LogP contribution in [0.15, 0.2) is 18.2 Å². The average Bonchev–Trinajstić information content (AvgIpc) is 2.22. The van der Waals surface area contributed by atoms with Gasteiger partial charge in [-0.2, -0.15) is 0 Å². The van der Waals surface area contributed by atoms with Gasteiger partial charge in [0.25, 0.3) is 0 Å². The quantitative estimate of drug-likeness (QED) is 0.872. The molecule has 0 aliphatic rings. The molecule has 0 aliphatic carbocycles. The maximum Gasteiger partial charge on any atom is 0.241 e. The zero-order chi connectivity index (χ0) is 12.1. The molecule has 1 amide bonds. The number of halogens is 2. The fourth-order valence-corrected chi connectivity index (χ4v) is 1.12. The first-order valence-corrected chi connectivity index (χ1v) is 5.03. The van der Waals surface area contributed by atoms with Gasteiger partial charge in [-0.3, -0.25) is 4.79 Å². The molecule has 6 heteroatoms. The normalized spacial score (nSPS) is 11.3. The lowest BCUT2D eigenvalue weighted by molar-refractivity contribution is -0.117. The zero-order valence-corrected chi connectivity index (χ0v) is 10.5. The van der Waals surface area contributed by atoms with E-state index in [0.717, 1.165) is 0 Å². The van der Waals surface area contributed by atoms with Crippen LogP contribution in [0, 0.1) is 5.82 Å². The van der Waals surface area contributed by atoms with E-state index in [4.69, 9.17) is 10.5 Å². The molecule has 1 aromatic carbocycles. The Morgan fingerprint density at radius 2 is 2.24 bits per heavy atom. The summed E-state index contributed by atoms with van der Waals surface area (Å²) < 4.78 is 18.2. The molecule has 0 bridgehead atoms. The molecule has 0 saturated heterocycles. The summed E-state index contributed by atoms with van der Waals surface area (Å²) in [7, 11) is 0. The van der Waals surface area contributed by atoms with E-state index in [-0.39, 0.29) is 18.3 Å². The fraction of sp³-hybridized carbons (Fsp3) is 0.364. The van der Waals surface area contributed by atoms with Crippen molar-refractivity contribution in [3.05, 3.63) is 24.0 Å². The van der Waals surface area contributed by atoms with Crippen molar-refractivity contribution in [1.29, 1.82) is 0 Å². The van der Waals surface area contributed by atoms with Gasteiger partial charge >= 0.3 is 0 Å². The van der Waals surface area contributed by atoms with Crippen molar-refractivity contribution in [2.24, 2.45) is 5.73 Å². The molecule has 3 N–H and O–H groups in total. The van der Waals surface area contributed by atoms with Crippen LogP contribution in [0.2, 0.25) is 0 Å². The maximum atomic E-state index is 12.9. The number of hydrogen-bond donors (Lipinski definition) is 2. The number of ether oxygens (including phenoxy) is 1. The summed E-state index contributed by atoms with van der Waals surface area (Å²) in [6, 6.07) is 3.29. The minimum Gasteiger partial charge on any atom is -0.492 e. The summed E-state index contributed by atoms with van der Waals surface area (Å²) in [5.74, 6) is -0.452. The summed E-state index contributed by atoms with van der Waals surface area (Å²) >= 11 is 0. The number of amides is 1. The minimum absolute atomic E-state index is 0. The van der Waals surface area contributed by atoms with E-state index in [9.17, 15) is 9.18 Å². The van der Waals surface area contributed by atoms with Crippen LogP contribution in [0.3, 0.4) is 0 Å². The molecule has 1 atom stereocenters. The number of hydrogen-bond acceptors (Lipinski definition) is 3. The first kappa shape index (κ1) is 15.7. The van der Waals surface area contributed by atoms with Crippen LogP contribution >= 0.6 is 12.4 Å². The lowest BCUT2D eigenvalue weighted by Crippen LogP contribution is -2.32. The van der Waals surface area contributed by atoms with Crippen molar-refractivity contribution in [2.75, 3.05) is 11.9 Å². The van der Waals surface area contributed by atoms with Gasteiger partial charge in [0.1, 0.15) is 11.6 Å². The van der Waals surface area contributed by atoms with Crippen molar-refractivity contribution in [1.82, 2.24) is 0 Å². The molecule has 0 saturated carbocycles. The van der Waals surface area contributed by atoms with Gasteiger partial charge in [-0.15, -0.1) is 12.4 Å². The van der Waals surface area contributed by atoms with Crippen molar-refractivity contribution in [3.63, 3.8) is 0 Å². The van der Waals surface area contributed by atoms with Gasteiger partial charge in [0, 0.05) is 6.07 Å². The van der Waals surface area contributed by atoms with Crippen LogP contribution in [-0.2, 0) is 4.79 Å². The van der Waals surface area contributed by atoms with Gasteiger partial charge in [-0.1, -0.05) is 0 Å². The fourth-order valence-electron chi connectivity index (χ4n) is 1.12. The second kappa shape index (κ2) is 7.09. The molecule has 0 spiro atoms. The first-order chi connectivity index (χ1) is 7.54. The highest BCUT2D eigenvalue weighted by Gasteiger charge is 2.11. The summed E-state index contributed by atoms with van der Waals surface area (Å²) in [4.78, 5) is 11.4. The number of carbonyl (C=O) groups is 1. The van der Waals surface area contributed by atoms with Crippen LogP contribution in [0.25, 0.3) is 0 Å². The molecule has 96 valence electrons. The Bertz CT molecular complexity index is 386. The van der Waals surface area contributed by atoms with E-state index in [1.165, 1.54) is 18.2 Å². The Hall–Kier alpha value is -1.33. The zero-order valence-electron chi connectivity index (χ0n) is 9.70. The van der Waals surface area contributed by atoms with Gasteiger partial charge in [0.15, 0.2) is 0 Å². The Balaban J connectivity index is 0.00000256. The van der Waals surface area contributed by atoms with Gasteiger partial charge in [-0.25, -0.2) is 4.39 Å². The second-order valence-corrected chi connectivity index (χ2v) is 3.35. The van der Waals surface area contributed by atoms with Crippen molar-refractivity contribution in [2.45, 2.75) is 19.9 Å². The predicted octanol–water partition coefficient (Wildman–Crippen LogP) is 1.93. The third-order valence-corrected chi connectivity index (χ3v) is 1.91. The molecule has 1 rings (SSSR count). The Morgan fingerprint density at radius 1 is 1.59 bits per heavy atom. The highest BCUT2D eigenvalue weighted by Crippen LogP contribution is 2.25. The molecule has 1 unspecified atom stereocenters. The SMILES string of the molecule is CCOc1cc(F)ccc1NC(=O)C(C)N.Cl. The summed E-state index contributed by atoms with van der Waals surface area (Å²) in [6.45, 7) is 3.74. The van der Waals surface area contributed by atoms with Crippen molar-refractivity contribution < 1.29 is 13.9 Å². The van der Waals surface area contributed by atoms with Gasteiger partial charge < -0.3 is 15.8 Å². The molecule has 0 aromatic heterocycles. The molecule has 17 heavy (non-hydrogen) atoms. The lowest BCUT2D eigenvalue weighted by atomic mass is 10.2. The number of nitrogens with two attached hydrogens (primary N) is 1. The van der Waals surface area contributed by atoms with E-state index < -0.39 is 11.9 Å². The summed E-state index contributed by atoms with van der Waals surface area (Å²) in [5.41, 5.74) is 5.83. The first-order valence-electron chi connectivity index (χ1n) is 5.03. The van der Waals surface area contributed by atoms with E-state index in [0.29, 0.717) is 18.0 Å². The highest BCUT2D eigenvalue weighted by atomic mass is 35.5. The smallest absolute Gasteiger partial charge is 0.241 e. The number of benzene rings is 1. The van der Waals surface area contributed by atoms with Gasteiger partial charge in [-0.05, 0) is 26.0 Å². The average molecular weight is 263 g/mol. The van der Waals surface area contributed by atoms with Gasteiger partial charge in [0.2, 0.25) is 5.91 Å². The Kier molecular flexibility index (Phi) is 6.53. The standard InChI is InChI=1S/C11H15FN2O2.ClH/c1-3-16-10-6-8(12)4-5-9(10)14-11(15)7(2)13;/h4-7H,3,13H2,1-2H3,(H,14,15);1H. The van der Waals surface area contributed by atoms with Crippen LogP contribution in [0.5, 0.6) is 5.75 Å². The third kappa shape index (κ3) is 4.58. The predicted molar refractivity (Wildman–Crippen MR) is 67.1 cm³/mol. The van der Waals surface area contributed by atoms with Crippen LogP contribution in [0.4, 0.5) is 10.1 Å². The third-order valence-electron chi connectivity index (χ3n) is 1.91. The van der Waals surface area contributed by atoms with E-state index in [2.05, 4.69) is 5.32 Å². The maximum absolute atomic E-state index is 12.9. The van der Waals surface area contributed by atoms with E-state index >= 15 is 0 Å². The molecule has 1 aromatic rings. The number of anilines is 1. The molecule has 4 nitrogen and oxygen atoms in total. The largest absolute Gasteiger partial charge is 0.492 e. The van der Waals surface area contributed by atoms with Crippen molar-refractivity contribution in [3.8, 4) is 5.75 Å². The Morgan fingerprint density at radius 3 is 2.76 bits per heavy atom. The van der Waals surface area contributed by atoms with Crippen LogP contribution in [0.1, 0.15) is 13.8 Å². The van der Waals surface area contributed by atoms with E-state index in [1.54, 1.807) is 13.8 Å². The topological polar surface area (TPSA) is 64.3 Å². The summed E-state index contributed by atoms with van der Waals surface area (Å²) in [5, 5.41) is 2.57. The summed E-state index contributed by atoms with van der Waals surface area (Å²) in [6.07, 6.45) is 0. The van der Waals surface area contributed by atoms with Crippen LogP contribution < -0.4 is 15.8 Å². The molecule has 0 heterocycles. The monoisotopic (exact) mass is 262 g/mol. The van der Waals surface area contributed by atoms with E-state index in [1.807, 2.05) is 0 Å². The molecule has 0 radical (unpaired) electrons. The van der Waals surface area contributed by atoms with Gasteiger partial charge in [0.05, 0.1) is 18.3 Å². The molecule has 0 aliphatic heterocycles.